The third kappa shape index (κ3) is 2.68. The molecule has 4 rings (SSSR count). The van der Waals surface area contributed by atoms with Gasteiger partial charge in [0.05, 0.1) is 18.4 Å². The lowest BCUT2D eigenvalue weighted by molar-refractivity contribution is 0.0600. The molecule has 142 valence electrons. The maximum Gasteiger partial charge on any atom is 0.337 e. The van der Waals surface area contributed by atoms with Crippen molar-refractivity contribution >= 4 is 28.6 Å². The van der Waals surface area contributed by atoms with Crippen molar-refractivity contribution in [2.75, 3.05) is 19.1 Å². The van der Waals surface area contributed by atoms with Gasteiger partial charge in [0.2, 0.25) is 0 Å². The lowest BCUT2D eigenvalue weighted by atomic mass is 9.83. The average Bonchev–Trinajstić information content (AvgIpc) is 3.10. The van der Waals surface area contributed by atoms with Gasteiger partial charge in [-0.2, -0.15) is 0 Å². The number of esters is 1. The second-order valence-corrected chi connectivity index (χ2v) is 7.75. The number of likely N-dealkylation sites (N-methyl/N-ethyl adjacent to an activating group) is 1. The number of anilines is 1. The Labute approximate surface area is 165 Å². The molecule has 2 aromatic carbocycles. The molecule has 4 heteroatoms. The number of carbonyl (C=O) groups is 1. The second-order valence-electron chi connectivity index (χ2n) is 7.75. The Hall–Kier alpha value is -3.14. The van der Waals surface area contributed by atoms with Crippen LogP contribution in [0.25, 0.3) is 5.57 Å². The van der Waals surface area contributed by atoms with Gasteiger partial charge in [-0.25, -0.2) is 4.79 Å². The molecule has 0 spiro atoms. The normalized spacial score (nSPS) is 19.6. The van der Waals surface area contributed by atoms with Gasteiger partial charge in [0.15, 0.2) is 0 Å². The first-order valence-electron chi connectivity index (χ1n) is 9.38. The molecule has 4 nitrogen and oxygen atoms in total. The van der Waals surface area contributed by atoms with Crippen LogP contribution in [0, 0.1) is 0 Å². The Morgan fingerprint density at radius 1 is 1.14 bits per heavy atom. The number of hydrogen-bond donors (Lipinski definition) is 0. The van der Waals surface area contributed by atoms with Crippen LogP contribution < -0.4 is 4.90 Å². The van der Waals surface area contributed by atoms with Gasteiger partial charge < -0.3 is 9.64 Å². The fourth-order valence-corrected chi connectivity index (χ4v) is 4.19. The van der Waals surface area contributed by atoms with E-state index in [4.69, 9.17) is 4.74 Å². The molecule has 2 aliphatic rings. The summed E-state index contributed by atoms with van der Waals surface area (Å²) in [6.07, 6.45) is 4.33. The van der Waals surface area contributed by atoms with Gasteiger partial charge in [-0.1, -0.05) is 38.1 Å². The largest absolute Gasteiger partial charge is 0.465 e. The van der Waals surface area contributed by atoms with E-state index in [0.717, 1.165) is 28.2 Å². The molecule has 0 bridgehead atoms. The number of ether oxygens (including phenoxy) is 1. The zero-order valence-electron chi connectivity index (χ0n) is 16.9. The first-order valence-corrected chi connectivity index (χ1v) is 9.38. The minimum absolute atomic E-state index is 0.228. The molecule has 0 fully saturated rings. The molecule has 2 aromatic rings. The smallest absolute Gasteiger partial charge is 0.337 e. The minimum Gasteiger partial charge on any atom is -0.465 e. The van der Waals surface area contributed by atoms with E-state index in [1.54, 1.807) is 0 Å². The number of fused-ring (bicyclic) bond motifs is 2. The first kappa shape index (κ1) is 18.2. The van der Waals surface area contributed by atoms with Crippen molar-refractivity contribution in [2.24, 2.45) is 4.99 Å². The number of aliphatic imine (C=N–C) groups is 1. The highest BCUT2D eigenvalue weighted by atomic mass is 16.5. The number of methoxy groups -OCH3 is 1. The highest BCUT2D eigenvalue weighted by Crippen LogP contribution is 2.47. The Morgan fingerprint density at radius 3 is 2.64 bits per heavy atom. The van der Waals surface area contributed by atoms with Gasteiger partial charge >= 0.3 is 5.97 Å². The van der Waals surface area contributed by atoms with Crippen LogP contribution in [0.1, 0.15) is 42.3 Å². The van der Waals surface area contributed by atoms with E-state index < -0.39 is 0 Å². The molecule has 2 aliphatic heterocycles. The molecule has 0 amide bonds. The molecule has 0 saturated carbocycles. The van der Waals surface area contributed by atoms with Gasteiger partial charge in [0.25, 0.3) is 0 Å². The van der Waals surface area contributed by atoms with Crippen molar-refractivity contribution in [1.82, 2.24) is 0 Å². The molecule has 0 aromatic heterocycles. The Balaban J connectivity index is 1.77. The lowest BCUT2D eigenvalue weighted by Crippen LogP contribution is -2.22. The van der Waals surface area contributed by atoms with Gasteiger partial charge in [-0.15, -0.1) is 0 Å². The molecule has 0 N–H and O–H groups in total. The van der Waals surface area contributed by atoms with E-state index in [1.807, 2.05) is 43.3 Å². The van der Waals surface area contributed by atoms with Crippen LogP contribution in [0.4, 0.5) is 11.4 Å². The monoisotopic (exact) mass is 372 g/mol. The molecule has 0 saturated heterocycles. The SMILES string of the molecule is COC(=O)c1ccc2c(c1)C(C)(C)/C(=C/C=C1\C(C)=Nc3ccccc31)N2C. The molecular formula is C24H24N2O2. The number of carbonyl (C=O) groups excluding carboxylic acids is 1. The summed E-state index contributed by atoms with van der Waals surface area (Å²) in [5.74, 6) is -0.310. The van der Waals surface area contributed by atoms with Gasteiger partial charge in [-0.05, 0) is 42.8 Å². The fourth-order valence-electron chi connectivity index (χ4n) is 4.19. The second kappa shape index (κ2) is 6.48. The highest BCUT2D eigenvalue weighted by molar-refractivity contribution is 6.28. The van der Waals surface area contributed by atoms with Crippen molar-refractivity contribution in [2.45, 2.75) is 26.2 Å². The third-order valence-corrected chi connectivity index (χ3v) is 5.73. The summed E-state index contributed by atoms with van der Waals surface area (Å²) in [7, 11) is 3.48. The van der Waals surface area contributed by atoms with Crippen LogP contribution in [0.15, 0.2) is 65.3 Å². The Bertz CT molecular complexity index is 1070. The summed E-state index contributed by atoms with van der Waals surface area (Å²) in [4.78, 5) is 18.8. The third-order valence-electron chi connectivity index (χ3n) is 5.73. The van der Waals surface area contributed by atoms with Gasteiger partial charge in [-0.3, -0.25) is 4.99 Å². The topological polar surface area (TPSA) is 41.9 Å². The van der Waals surface area contributed by atoms with Gasteiger partial charge in [0.1, 0.15) is 0 Å². The van der Waals surface area contributed by atoms with Crippen molar-refractivity contribution in [3.8, 4) is 0 Å². The molecule has 0 radical (unpaired) electrons. The number of allylic oxidation sites excluding steroid dienone is 4. The molecule has 0 atom stereocenters. The summed E-state index contributed by atoms with van der Waals surface area (Å²) in [6, 6.07) is 14.0. The molecule has 0 unspecified atom stereocenters. The summed E-state index contributed by atoms with van der Waals surface area (Å²) < 4.78 is 4.89. The molecular weight excluding hydrogens is 348 g/mol. The van der Waals surface area contributed by atoms with Crippen molar-refractivity contribution in [1.29, 1.82) is 0 Å². The number of benzene rings is 2. The van der Waals surface area contributed by atoms with E-state index in [0.29, 0.717) is 5.56 Å². The van der Waals surface area contributed by atoms with E-state index in [2.05, 4.69) is 49.0 Å². The fraction of sp³-hybridized carbons (Fsp3) is 0.250. The van der Waals surface area contributed by atoms with Crippen LogP contribution >= 0.6 is 0 Å². The van der Waals surface area contributed by atoms with E-state index >= 15 is 0 Å². The summed E-state index contributed by atoms with van der Waals surface area (Å²) in [5.41, 5.74) is 8.13. The van der Waals surface area contributed by atoms with Crippen molar-refractivity contribution < 1.29 is 9.53 Å². The summed E-state index contributed by atoms with van der Waals surface area (Å²) >= 11 is 0. The molecule has 2 heterocycles. The van der Waals surface area contributed by atoms with Crippen LogP contribution in [-0.4, -0.2) is 25.8 Å². The number of hydrogen-bond acceptors (Lipinski definition) is 4. The zero-order valence-corrected chi connectivity index (χ0v) is 16.9. The lowest BCUT2D eigenvalue weighted by Gasteiger charge is -2.24. The van der Waals surface area contributed by atoms with Crippen LogP contribution in [0.5, 0.6) is 0 Å². The van der Waals surface area contributed by atoms with E-state index in [-0.39, 0.29) is 11.4 Å². The van der Waals surface area contributed by atoms with Crippen molar-refractivity contribution in [3.05, 3.63) is 77.0 Å². The zero-order chi connectivity index (χ0) is 20.1. The number of rotatable bonds is 2. The number of nitrogens with zero attached hydrogens (tertiary/aromatic N) is 2. The summed E-state index contributed by atoms with van der Waals surface area (Å²) in [5, 5.41) is 0. The standard InChI is InChI=1S/C24H24N2O2/c1-15-17(18-8-6-7-9-20(18)25-15)11-13-22-24(2,3)19-14-16(23(27)28-5)10-12-21(19)26(22)4/h6-14H,1-5H3/b17-11+,22-13-. The predicted octanol–water partition coefficient (Wildman–Crippen LogP) is 5.27. The maximum atomic E-state index is 12.0. The van der Waals surface area contributed by atoms with E-state index in [1.165, 1.54) is 18.4 Å². The quantitative estimate of drug-likeness (QED) is 0.674. The van der Waals surface area contributed by atoms with Crippen LogP contribution in [0.3, 0.4) is 0 Å². The minimum atomic E-state index is -0.310. The summed E-state index contributed by atoms with van der Waals surface area (Å²) in [6.45, 7) is 6.42. The van der Waals surface area contributed by atoms with E-state index in [9.17, 15) is 4.79 Å². The average molecular weight is 372 g/mol. The number of para-hydroxylation sites is 1. The molecule has 0 aliphatic carbocycles. The van der Waals surface area contributed by atoms with Crippen molar-refractivity contribution in [3.63, 3.8) is 0 Å². The Morgan fingerprint density at radius 2 is 1.89 bits per heavy atom. The molecule has 28 heavy (non-hydrogen) atoms. The Kier molecular flexibility index (Phi) is 4.22. The first-order chi connectivity index (χ1) is 13.3. The predicted molar refractivity (Wildman–Crippen MR) is 114 cm³/mol. The maximum absolute atomic E-state index is 12.0. The highest BCUT2D eigenvalue weighted by Gasteiger charge is 2.38. The van der Waals surface area contributed by atoms with Crippen LogP contribution in [-0.2, 0) is 10.2 Å². The van der Waals surface area contributed by atoms with Crippen LogP contribution in [0.2, 0.25) is 0 Å². The van der Waals surface area contributed by atoms with Gasteiger partial charge in [0, 0.05) is 40.7 Å².